The molecule has 340 valence electrons. The molecule has 2 atom stereocenters. The molecule has 3 N–H and O–H groups in total. The van der Waals surface area contributed by atoms with E-state index in [1.54, 1.807) is 85.7 Å². The molecular weight excluding hydrogens is 843 g/mol. The number of nitrogens with one attached hydrogen (secondary N) is 1. The minimum absolute atomic E-state index is 0. The molecule has 0 aliphatic rings. The van der Waals surface area contributed by atoms with Crippen LogP contribution >= 0.6 is 24.8 Å². The number of carbonyl (C=O) groups excluding carboxylic acids is 5. The fourth-order valence-corrected chi connectivity index (χ4v) is 4.76. The van der Waals surface area contributed by atoms with Gasteiger partial charge >= 0.3 is 30.0 Å². The highest BCUT2D eigenvalue weighted by molar-refractivity contribution is 5.88. The average Bonchev–Trinajstić information content (AvgIpc) is 3.90. The first-order valence-electron chi connectivity index (χ1n) is 18.9. The number of halogens is 2. The van der Waals surface area contributed by atoms with Crippen LogP contribution in [0.5, 0.6) is 0 Å². The van der Waals surface area contributed by atoms with Crippen molar-refractivity contribution >= 4 is 66.9 Å². The van der Waals surface area contributed by atoms with Gasteiger partial charge in [0.15, 0.2) is 0 Å². The van der Waals surface area contributed by atoms with Gasteiger partial charge in [-0.2, -0.15) is 0 Å². The van der Waals surface area contributed by atoms with Gasteiger partial charge < -0.3 is 43.9 Å². The summed E-state index contributed by atoms with van der Waals surface area (Å²) in [5.41, 5.74) is 8.83. The largest absolute Gasteiger partial charge is 0.444 e. The van der Waals surface area contributed by atoms with E-state index in [2.05, 4.69) is 15.3 Å². The first-order chi connectivity index (χ1) is 28.0. The molecule has 2 aromatic carbocycles. The maximum absolute atomic E-state index is 12.3. The van der Waals surface area contributed by atoms with Crippen molar-refractivity contribution in [2.45, 2.75) is 86.7 Å². The van der Waals surface area contributed by atoms with Crippen molar-refractivity contribution in [3.8, 4) is 0 Å². The number of hydrogen-bond acceptors (Lipinski definition) is 13. The van der Waals surface area contributed by atoms with Crippen molar-refractivity contribution in [2.75, 3.05) is 13.6 Å². The molecule has 2 heterocycles. The van der Waals surface area contributed by atoms with E-state index in [0.717, 1.165) is 28.8 Å². The second-order valence-electron chi connectivity index (χ2n) is 14.8. The van der Waals surface area contributed by atoms with Crippen LogP contribution in [0.25, 0.3) is 12.2 Å². The Bertz CT molecular complexity index is 1980. The Kier molecular flexibility index (Phi) is 25.8. The number of esters is 4. The number of hydrogen-bond donors (Lipinski definition) is 2. The van der Waals surface area contributed by atoms with Gasteiger partial charge in [0.05, 0.1) is 12.7 Å². The highest BCUT2D eigenvalue weighted by atomic mass is 35.5. The summed E-state index contributed by atoms with van der Waals surface area (Å²) < 4.78 is 28.6. The Hall–Kier alpha value is -5.97. The molecule has 0 spiro atoms. The molecule has 0 bridgehead atoms. The lowest BCUT2D eigenvalue weighted by Gasteiger charge is -2.24. The third-order valence-corrected chi connectivity index (χ3v) is 8.02. The van der Waals surface area contributed by atoms with Crippen molar-refractivity contribution in [3.63, 3.8) is 0 Å². The van der Waals surface area contributed by atoms with Crippen LogP contribution in [0.3, 0.4) is 0 Å². The molecule has 62 heavy (non-hydrogen) atoms. The van der Waals surface area contributed by atoms with Gasteiger partial charge in [-0.25, -0.2) is 29.1 Å². The standard InChI is InChI=1S/C24H31N3O6.C19H23N3O4.CH4.2ClH/c1-17(2)21(26-23(30)33-24(3,4)5)22(29)32-16-31-20(28)11-10-18-6-8-19(9-7-18)14-27-13-12-25-15-27;1-14(2)18(20)19(24)26-13-25-17(23)8-7-15-3-5-16(6-4-15)11-22-10-9-21-12-22;;;/h6-13,15,17,21H,14,16H2,1-5H3,(H,26,30);3-10,12,14,18H,11,13,20H2,1-2H3;1H4;2*1H/b11-10+;8-7+;;;/t21-;18-;;;/m00.../s1. The van der Waals surface area contributed by atoms with Crippen LogP contribution in [0.2, 0.25) is 0 Å². The lowest BCUT2D eigenvalue weighted by Crippen LogP contribution is -2.47. The van der Waals surface area contributed by atoms with E-state index >= 15 is 0 Å². The summed E-state index contributed by atoms with van der Waals surface area (Å²) >= 11 is 0. The predicted octanol–water partition coefficient (Wildman–Crippen LogP) is 6.99. The minimum Gasteiger partial charge on any atom is -0.444 e. The molecule has 0 aliphatic carbocycles. The molecule has 1 amide bonds. The molecule has 0 aliphatic heterocycles. The zero-order valence-corrected chi connectivity index (χ0v) is 36.9. The molecule has 0 saturated heterocycles. The second-order valence-corrected chi connectivity index (χ2v) is 14.8. The van der Waals surface area contributed by atoms with Crippen LogP contribution in [0, 0.1) is 11.8 Å². The summed E-state index contributed by atoms with van der Waals surface area (Å²) in [5, 5.41) is 2.48. The predicted molar refractivity (Wildman–Crippen MR) is 240 cm³/mol. The first kappa shape index (κ1) is 56.0. The summed E-state index contributed by atoms with van der Waals surface area (Å²) in [4.78, 5) is 67.3. The zero-order valence-electron chi connectivity index (χ0n) is 35.3. The van der Waals surface area contributed by atoms with Gasteiger partial charge in [0.1, 0.15) is 17.7 Å². The molecule has 0 unspecified atom stereocenters. The van der Waals surface area contributed by atoms with E-state index in [-0.39, 0.29) is 44.1 Å². The first-order valence-corrected chi connectivity index (χ1v) is 18.9. The Morgan fingerprint density at radius 3 is 1.45 bits per heavy atom. The number of aromatic nitrogens is 4. The molecule has 18 heteroatoms. The number of carbonyl (C=O) groups is 5. The van der Waals surface area contributed by atoms with Crippen LogP contribution in [0.1, 0.15) is 78.1 Å². The number of imidazole rings is 2. The molecular formula is C44H60Cl2N6O10. The molecule has 2 aromatic heterocycles. The monoisotopic (exact) mass is 902 g/mol. The van der Waals surface area contributed by atoms with Crippen molar-refractivity contribution in [3.05, 3.63) is 120 Å². The number of rotatable bonds is 17. The smallest absolute Gasteiger partial charge is 0.408 e. The summed E-state index contributed by atoms with van der Waals surface area (Å²) in [6, 6.07) is 13.7. The van der Waals surface area contributed by atoms with E-state index in [0.29, 0.717) is 6.54 Å². The second kappa shape index (κ2) is 28.5. The number of ether oxygens (including phenoxy) is 5. The average molecular weight is 904 g/mol. The molecule has 0 fully saturated rings. The van der Waals surface area contributed by atoms with Gasteiger partial charge in [-0.05, 0) is 67.0 Å². The van der Waals surface area contributed by atoms with Crippen molar-refractivity contribution in [1.82, 2.24) is 24.4 Å². The Labute approximate surface area is 376 Å². The van der Waals surface area contributed by atoms with Crippen molar-refractivity contribution in [1.29, 1.82) is 0 Å². The quantitative estimate of drug-likeness (QED) is 0.0475. The SMILES string of the molecule is C.CC(C)[C@H](N)C(=O)OCOC(=O)/C=C/c1ccc(Cn2ccnc2)cc1.CC(C)[C@H](NC(=O)OC(C)(C)C)C(=O)OCOC(=O)/C=C/c1ccc(Cn2ccnc2)cc1.Cl.Cl. The van der Waals surface area contributed by atoms with Crippen LogP contribution < -0.4 is 11.1 Å². The lowest BCUT2D eigenvalue weighted by atomic mass is 10.1. The highest BCUT2D eigenvalue weighted by Crippen LogP contribution is 2.12. The Morgan fingerprint density at radius 1 is 0.677 bits per heavy atom. The van der Waals surface area contributed by atoms with Crippen LogP contribution in [-0.2, 0) is 56.0 Å². The van der Waals surface area contributed by atoms with E-state index in [4.69, 9.17) is 29.4 Å². The minimum atomic E-state index is -0.935. The van der Waals surface area contributed by atoms with Crippen molar-refractivity contribution < 1.29 is 47.7 Å². The summed E-state index contributed by atoms with van der Waals surface area (Å²) in [7, 11) is 0. The lowest BCUT2D eigenvalue weighted by molar-refractivity contribution is -0.167. The molecule has 0 saturated carbocycles. The van der Waals surface area contributed by atoms with E-state index in [9.17, 15) is 24.0 Å². The van der Waals surface area contributed by atoms with E-state index < -0.39 is 61.2 Å². The fraction of sp³-hybridized carbons (Fsp3) is 0.386. The van der Waals surface area contributed by atoms with Gasteiger partial charge in [0.2, 0.25) is 13.6 Å². The highest BCUT2D eigenvalue weighted by Gasteiger charge is 2.28. The number of nitrogens with zero attached hydrogens (tertiary/aromatic N) is 4. The summed E-state index contributed by atoms with van der Waals surface area (Å²) in [5.74, 6) is -2.87. The fourth-order valence-electron chi connectivity index (χ4n) is 4.76. The van der Waals surface area contributed by atoms with Crippen LogP contribution in [0.15, 0.2) is 98.1 Å². The third kappa shape index (κ3) is 22.0. The zero-order chi connectivity index (χ0) is 43.4. The Balaban J connectivity index is 0.00000117. The maximum atomic E-state index is 12.3. The molecule has 4 rings (SSSR count). The Morgan fingerprint density at radius 2 is 1.10 bits per heavy atom. The van der Waals surface area contributed by atoms with Gasteiger partial charge in [-0.3, -0.25) is 4.79 Å². The number of nitrogens with two attached hydrogens (primary N) is 1. The van der Waals surface area contributed by atoms with Crippen LogP contribution in [0.4, 0.5) is 4.79 Å². The molecule has 0 radical (unpaired) electrons. The number of benzene rings is 2. The number of alkyl carbamates (subject to hydrolysis) is 1. The van der Waals surface area contributed by atoms with Gasteiger partial charge in [-0.1, -0.05) is 83.7 Å². The van der Waals surface area contributed by atoms with Crippen LogP contribution in [-0.4, -0.2) is 80.3 Å². The molecule has 4 aromatic rings. The van der Waals surface area contributed by atoms with Crippen molar-refractivity contribution in [2.24, 2.45) is 17.6 Å². The van der Waals surface area contributed by atoms with Gasteiger partial charge in [-0.15, -0.1) is 24.8 Å². The summed E-state index contributed by atoms with van der Waals surface area (Å²) in [6.45, 7) is 12.7. The maximum Gasteiger partial charge on any atom is 0.408 e. The number of amides is 1. The topological polar surface area (TPSA) is 205 Å². The summed E-state index contributed by atoms with van der Waals surface area (Å²) in [6.07, 6.45) is 15.8. The van der Waals surface area contributed by atoms with E-state index in [1.165, 1.54) is 12.2 Å². The normalized spacial score (nSPS) is 11.8. The molecule has 16 nitrogen and oxygen atoms in total. The third-order valence-electron chi connectivity index (χ3n) is 8.02. The van der Waals surface area contributed by atoms with Gasteiger partial charge in [0.25, 0.3) is 0 Å². The van der Waals surface area contributed by atoms with Gasteiger partial charge in [0, 0.05) is 50.0 Å². The van der Waals surface area contributed by atoms with E-state index in [1.807, 2.05) is 70.1 Å².